The van der Waals surface area contributed by atoms with Gasteiger partial charge in [-0.15, -0.1) is 0 Å². The van der Waals surface area contributed by atoms with Gasteiger partial charge in [-0.05, 0) is 6.08 Å². The molecule has 0 radical (unpaired) electrons. The predicted molar refractivity (Wildman–Crippen MR) is 81.3 cm³/mol. The molecular formula is C15H16N4O3. The van der Waals surface area contributed by atoms with Crippen LogP contribution in [-0.2, 0) is 4.74 Å². The fraction of sp³-hybridized carbons (Fsp3) is 0.267. The number of nitrogens with zero attached hydrogens (tertiary/aromatic N) is 2. The summed E-state index contributed by atoms with van der Waals surface area (Å²) in [6, 6.07) is 6.56. The molecule has 0 spiro atoms. The Labute approximate surface area is 127 Å². The van der Waals surface area contributed by atoms with Gasteiger partial charge in [0.2, 0.25) is 5.78 Å². The molecule has 3 N–H and O–H groups in total. The lowest BCUT2D eigenvalue weighted by Gasteiger charge is -2.33. The van der Waals surface area contributed by atoms with Crippen molar-refractivity contribution >= 4 is 23.2 Å². The molecule has 7 heteroatoms. The van der Waals surface area contributed by atoms with Gasteiger partial charge in [0.05, 0.1) is 13.2 Å². The van der Waals surface area contributed by atoms with E-state index in [9.17, 15) is 9.59 Å². The van der Waals surface area contributed by atoms with Crippen molar-refractivity contribution in [1.82, 2.24) is 10.3 Å². The fourth-order valence-electron chi connectivity index (χ4n) is 2.58. The molecular weight excluding hydrogens is 284 g/mol. The quantitative estimate of drug-likeness (QED) is 0.781. The molecule has 1 fully saturated rings. The number of fused-ring (bicyclic) bond motifs is 1. The molecule has 2 aliphatic rings. The molecule has 0 unspecified atom stereocenters. The molecule has 0 atom stereocenters. The maximum absolute atomic E-state index is 12.4. The van der Waals surface area contributed by atoms with Crippen LogP contribution in [0.1, 0.15) is 15.9 Å². The van der Waals surface area contributed by atoms with Crippen molar-refractivity contribution in [3.63, 3.8) is 0 Å². The highest BCUT2D eigenvalue weighted by molar-refractivity contribution is 6.52. The highest BCUT2D eigenvalue weighted by Crippen LogP contribution is 2.28. The maximum atomic E-state index is 12.4. The van der Waals surface area contributed by atoms with Gasteiger partial charge in [0.1, 0.15) is 5.71 Å². The van der Waals surface area contributed by atoms with Crippen molar-refractivity contribution in [1.29, 1.82) is 0 Å². The lowest BCUT2D eigenvalue weighted by molar-refractivity contribution is 0.0639. The number of amides is 2. The number of urea groups is 1. The van der Waals surface area contributed by atoms with E-state index in [-0.39, 0.29) is 11.5 Å². The number of nitrogens with two attached hydrogens (primary N) is 1. The summed E-state index contributed by atoms with van der Waals surface area (Å²) in [5.74, 6) is -0.235. The molecule has 0 bridgehead atoms. The molecule has 3 rings (SSSR count). The van der Waals surface area contributed by atoms with Gasteiger partial charge >= 0.3 is 6.03 Å². The predicted octanol–water partition coefficient (Wildman–Crippen LogP) is 0.580. The molecule has 2 amide bonds. The molecule has 0 aromatic heterocycles. The van der Waals surface area contributed by atoms with Crippen LogP contribution in [0, 0.1) is 0 Å². The topological polar surface area (TPSA) is 97.0 Å². The zero-order valence-corrected chi connectivity index (χ0v) is 11.9. The lowest BCUT2D eigenvalue weighted by atomic mass is 9.91. The number of allylic oxidation sites excluding steroid dienone is 1. The van der Waals surface area contributed by atoms with E-state index >= 15 is 0 Å². The Morgan fingerprint density at radius 2 is 1.91 bits per heavy atom. The van der Waals surface area contributed by atoms with Crippen molar-refractivity contribution < 1.29 is 14.3 Å². The normalized spacial score (nSPS) is 19.6. The summed E-state index contributed by atoms with van der Waals surface area (Å²) in [7, 11) is 0. The Balaban J connectivity index is 2.03. The summed E-state index contributed by atoms with van der Waals surface area (Å²) in [4.78, 5) is 25.4. The second-order valence-corrected chi connectivity index (χ2v) is 4.98. The van der Waals surface area contributed by atoms with E-state index in [1.54, 1.807) is 18.2 Å². The summed E-state index contributed by atoms with van der Waals surface area (Å²) < 4.78 is 5.37. The van der Waals surface area contributed by atoms with Crippen LogP contribution >= 0.6 is 0 Å². The Morgan fingerprint density at radius 1 is 1.23 bits per heavy atom. The number of hydrogen-bond acceptors (Lipinski definition) is 5. The molecule has 1 aliphatic carbocycles. The third-order valence-electron chi connectivity index (χ3n) is 3.59. The van der Waals surface area contributed by atoms with Crippen molar-refractivity contribution in [2.24, 2.45) is 10.8 Å². The molecule has 114 valence electrons. The monoisotopic (exact) mass is 300 g/mol. The number of carbonyl (C=O) groups excluding carboxylic acids is 2. The molecule has 1 aromatic carbocycles. The van der Waals surface area contributed by atoms with Gasteiger partial charge in [0, 0.05) is 29.9 Å². The van der Waals surface area contributed by atoms with Crippen LogP contribution in [0.15, 0.2) is 35.4 Å². The van der Waals surface area contributed by atoms with Crippen molar-refractivity contribution in [2.45, 2.75) is 0 Å². The van der Waals surface area contributed by atoms with E-state index in [2.05, 4.69) is 15.4 Å². The summed E-state index contributed by atoms with van der Waals surface area (Å²) in [5.41, 5.74) is 9.64. The number of ether oxygens (including phenoxy) is 1. The first kappa shape index (κ1) is 14.3. The van der Waals surface area contributed by atoms with Crippen LogP contribution in [0.4, 0.5) is 4.79 Å². The van der Waals surface area contributed by atoms with Gasteiger partial charge in [-0.2, -0.15) is 5.10 Å². The van der Waals surface area contributed by atoms with E-state index in [1.165, 1.54) is 0 Å². The molecule has 1 aromatic rings. The number of nitrogens with one attached hydrogen (secondary N) is 1. The van der Waals surface area contributed by atoms with Crippen LogP contribution in [-0.4, -0.2) is 48.7 Å². The minimum absolute atomic E-state index is 0.166. The van der Waals surface area contributed by atoms with Crippen LogP contribution in [0.2, 0.25) is 0 Å². The van der Waals surface area contributed by atoms with Crippen molar-refractivity contribution in [3.05, 3.63) is 41.5 Å². The first-order valence-corrected chi connectivity index (χ1v) is 6.98. The molecule has 1 heterocycles. The first-order chi connectivity index (χ1) is 10.7. The van der Waals surface area contributed by atoms with Gasteiger partial charge in [-0.3, -0.25) is 4.79 Å². The van der Waals surface area contributed by atoms with Gasteiger partial charge in [0.25, 0.3) is 0 Å². The van der Waals surface area contributed by atoms with Gasteiger partial charge in [0.15, 0.2) is 0 Å². The number of morpholine rings is 1. The van der Waals surface area contributed by atoms with E-state index < -0.39 is 6.03 Å². The average molecular weight is 300 g/mol. The Hall–Kier alpha value is -2.67. The van der Waals surface area contributed by atoms with Crippen LogP contribution in [0.25, 0.3) is 5.70 Å². The average Bonchev–Trinajstić information content (AvgIpc) is 2.55. The van der Waals surface area contributed by atoms with E-state index in [4.69, 9.17) is 10.5 Å². The Kier molecular flexibility index (Phi) is 3.88. The zero-order valence-electron chi connectivity index (χ0n) is 11.9. The van der Waals surface area contributed by atoms with E-state index in [0.29, 0.717) is 18.8 Å². The lowest BCUT2D eigenvalue weighted by Crippen LogP contribution is -2.37. The highest BCUT2D eigenvalue weighted by Gasteiger charge is 2.27. The second kappa shape index (κ2) is 5.98. The number of Topliss-reactive ketones (excluding diaryl/α,β-unsaturated/α-hetero) is 1. The van der Waals surface area contributed by atoms with Crippen molar-refractivity contribution in [2.75, 3.05) is 26.3 Å². The number of hydrogen-bond donors (Lipinski definition) is 2. The van der Waals surface area contributed by atoms with Gasteiger partial charge in [-0.1, -0.05) is 24.3 Å². The number of rotatable bonds is 2. The largest absolute Gasteiger partial charge is 0.378 e. The summed E-state index contributed by atoms with van der Waals surface area (Å²) in [5, 5.41) is 3.82. The van der Waals surface area contributed by atoms with Crippen LogP contribution in [0.3, 0.4) is 0 Å². The molecule has 1 aliphatic heterocycles. The third kappa shape index (κ3) is 2.71. The van der Waals surface area contributed by atoms with Gasteiger partial charge in [-0.25, -0.2) is 10.2 Å². The minimum atomic E-state index is -0.805. The minimum Gasteiger partial charge on any atom is -0.378 e. The second-order valence-electron chi connectivity index (χ2n) is 4.98. The van der Waals surface area contributed by atoms with Gasteiger partial charge < -0.3 is 15.4 Å². The summed E-state index contributed by atoms with van der Waals surface area (Å²) in [6.45, 7) is 2.76. The maximum Gasteiger partial charge on any atom is 0.332 e. The first-order valence-electron chi connectivity index (χ1n) is 6.98. The Bertz CT molecular complexity index is 675. The number of carbonyl (C=O) groups is 2. The third-order valence-corrected chi connectivity index (χ3v) is 3.59. The standard InChI is InChI=1S/C15H16N4O3/c16-15(21)18-17-12-9-13(19-5-7-22-8-6-19)10-3-1-2-4-11(10)14(12)20/h1-4,9H,5-8H2,(H3,16,18,21)/b17-12-. The number of ketones is 1. The number of primary amides is 1. The van der Waals surface area contributed by atoms with E-state index in [1.807, 2.05) is 12.1 Å². The summed E-state index contributed by atoms with van der Waals surface area (Å²) >= 11 is 0. The highest BCUT2D eigenvalue weighted by atomic mass is 16.5. The molecule has 7 nitrogen and oxygen atoms in total. The molecule has 1 saturated heterocycles. The number of benzene rings is 1. The Morgan fingerprint density at radius 3 is 2.59 bits per heavy atom. The van der Waals surface area contributed by atoms with Crippen LogP contribution in [0.5, 0.6) is 0 Å². The molecule has 22 heavy (non-hydrogen) atoms. The van der Waals surface area contributed by atoms with Crippen LogP contribution < -0.4 is 11.2 Å². The van der Waals surface area contributed by atoms with E-state index in [0.717, 1.165) is 24.4 Å². The number of hydrazone groups is 1. The SMILES string of the molecule is NC(=O)N/N=C1/C=C(N2CCOCC2)c2ccccc2C1=O. The fourth-order valence-corrected chi connectivity index (χ4v) is 2.58. The summed E-state index contributed by atoms with van der Waals surface area (Å²) in [6.07, 6.45) is 1.69. The molecule has 0 saturated carbocycles. The van der Waals surface area contributed by atoms with Crippen molar-refractivity contribution in [3.8, 4) is 0 Å². The smallest absolute Gasteiger partial charge is 0.332 e. The zero-order chi connectivity index (χ0) is 15.5.